The summed E-state index contributed by atoms with van der Waals surface area (Å²) in [5.74, 6) is 1.18. The summed E-state index contributed by atoms with van der Waals surface area (Å²) in [7, 11) is 0. The van der Waals surface area contributed by atoms with Gasteiger partial charge < -0.3 is 14.8 Å². The van der Waals surface area contributed by atoms with Gasteiger partial charge in [0.15, 0.2) is 0 Å². The molecular weight excluding hydrogens is 278 g/mol. The zero-order valence-electron chi connectivity index (χ0n) is 11.0. The number of benzene rings is 1. The third kappa shape index (κ3) is 3.99. The third-order valence-electron chi connectivity index (χ3n) is 2.45. The molecule has 0 saturated heterocycles. The van der Waals surface area contributed by atoms with Crippen molar-refractivity contribution >= 4 is 17.7 Å². The van der Waals surface area contributed by atoms with E-state index in [1.807, 2.05) is 6.92 Å². The molecule has 0 radical (unpaired) electrons. The molecule has 1 amide bonds. The summed E-state index contributed by atoms with van der Waals surface area (Å²) in [4.78, 5) is 11.3. The number of aromatic hydroxyl groups is 1. The number of phenolic OH excluding ortho intramolecular Hbond substituents is 1. The van der Waals surface area contributed by atoms with Crippen LogP contribution >= 0.6 is 11.8 Å². The van der Waals surface area contributed by atoms with Crippen LogP contribution in [0.2, 0.25) is 0 Å². The smallest absolute Gasteiger partial charge is 0.276 e. The Labute approximate surface area is 120 Å². The van der Waals surface area contributed by atoms with E-state index in [4.69, 9.17) is 4.42 Å². The molecule has 106 valence electrons. The molecule has 0 fully saturated rings. The van der Waals surface area contributed by atoms with E-state index in [1.165, 1.54) is 11.8 Å². The van der Waals surface area contributed by atoms with E-state index >= 15 is 0 Å². The summed E-state index contributed by atoms with van der Waals surface area (Å²) in [5.41, 5.74) is 0.742. The molecule has 1 aromatic heterocycles. The van der Waals surface area contributed by atoms with Crippen LogP contribution in [0.1, 0.15) is 13.3 Å². The molecule has 0 atom stereocenters. The second kappa shape index (κ2) is 6.95. The molecule has 1 aromatic carbocycles. The third-order valence-corrected chi connectivity index (χ3v) is 3.27. The number of aromatic nitrogens is 2. The lowest BCUT2D eigenvalue weighted by Gasteiger charge is -1.99. The van der Waals surface area contributed by atoms with Crippen molar-refractivity contribution in [2.75, 3.05) is 12.3 Å². The highest BCUT2D eigenvalue weighted by Crippen LogP contribution is 2.24. The second-order valence-corrected chi connectivity index (χ2v) is 5.02. The zero-order valence-corrected chi connectivity index (χ0v) is 11.8. The largest absolute Gasteiger partial charge is 0.508 e. The molecule has 0 unspecified atom stereocenters. The van der Waals surface area contributed by atoms with E-state index in [-0.39, 0.29) is 11.7 Å². The zero-order chi connectivity index (χ0) is 14.4. The Bertz CT molecular complexity index is 568. The fourth-order valence-corrected chi connectivity index (χ4v) is 2.20. The van der Waals surface area contributed by atoms with Gasteiger partial charge in [-0.05, 0) is 31.2 Å². The molecule has 7 heteroatoms. The minimum absolute atomic E-state index is 0.0123. The van der Waals surface area contributed by atoms with Gasteiger partial charge in [0.25, 0.3) is 5.22 Å². The Hall–Kier alpha value is -2.02. The van der Waals surface area contributed by atoms with Crippen molar-refractivity contribution in [1.29, 1.82) is 0 Å². The Morgan fingerprint density at radius 3 is 2.80 bits per heavy atom. The number of thioether (sulfide) groups is 1. The number of carbonyl (C=O) groups is 1. The molecule has 0 bridgehead atoms. The van der Waals surface area contributed by atoms with Gasteiger partial charge in [-0.15, -0.1) is 10.2 Å². The van der Waals surface area contributed by atoms with Gasteiger partial charge in [-0.25, -0.2) is 0 Å². The maximum Gasteiger partial charge on any atom is 0.276 e. The monoisotopic (exact) mass is 293 g/mol. The molecule has 0 aliphatic carbocycles. The van der Waals surface area contributed by atoms with Crippen LogP contribution in [0.3, 0.4) is 0 Å². The summed E-state index contributed by atoms with van der Waals surface area (Å²) in [6.45, 7) is 2.52. The van der Waals surface area contributed by atoms with Gasteiger partial charge in [0.05, 0.1) is 0 Å². The van der Waals surface area contributed by atoms with Crippen LogP contribution in [0, 0.1) is 0 Å². The molecule has 1 heterocycles. The standard InChI is InChI=1S/C13H15N3O3S/c1-2-14-11(18)7-8-20-13-16-15-12(19-13)9-3-5-10(17)6-4-9/h3-6,17H,2,7-8H2,1H3,(H,14,18). The lowest BCUT2D eigenvalue weighted by atomic mass is 10.2. The van der Waals surface area contributed by atoms with Gasteiger partial charge in [-0.3, -0.25) is 4.79 Å². The molecule has 0 spiro atoms. The van der Waals surface area contributed by atoms with Gasteiger partial charge in [-0.1, -0.05) is 11.8 Å². The van der Waals surface area contributed by atoms with Gasteiger partial charge in [-0.2, -0.15) is 0 Å². The molecule has 0 saturated carbocycles. The van der Waals surface area contributed by atoms with Crippen molar-refractivity contribution in [1.82, 2.24) is 15.5 Å². The summed E-state index contributed by atoms with van der Waals surface area (Å²) in [6.07, 6.45) is 0.412. The number of nitrogens with zero attached hydrogens (tertiary/aromatic N) is 2. The number of hydrogen-bond donors (Lipinski definition) is 2. The minimum Gasteiger partial charge on any atom is -0.508 e. The highest BCUT2D eigenvalue weighted by atomic mass is 32.2. The maximum absolute atomic E-state index is 11.3. The summed E-state index contributed by atoms with van der Waals surface area (Å²) >= 11 is 1.34. The first-order chi connectivity index (χ1) is 9.69. The highest BCUT2D eigenvalue weighted by Gasteiger charge is 2.09. The molecule has 20 heavy (non-hydrogen) atoms. The Kier molecular flexibility index (Phi) is 5.00. The van der Waals surface area contributed by atoms with Crippen molar-refractivity contribution in [3.63, 3.8) is 0 Å². The molecule has 0 aliphatic heterocycles. The van der Waals surface area contributed by atoms with Crippen molar-refractivity contribution in [2.45, 2.75) is 18.6 Å². The average molecular weight is 293 g/mol. The van der Waals surface area contributed by atoms with Crippen molar-refractivity contribution in [3.05, 3.63) is 24.3 Å². The Morgan fingerprint density at radius 1 is 1.35 bits per heavy atom. The Morgan fingerprint density at radius 2 is 2.10 bits per heavy atom. The van der Waals surface area contributed by atoms with Gasteiger partial charge in [0.2, 0.25) is 11.8 Å². The van der Waals surface area contributed by atoms with Crippen LogP contribution in [0.5, 0.6) is 5.75 Å². The first-order valence-electron chi connectivity index (χ1n) is 6.21. The quantitative estimate of drug-likeness (QED) is 0.793. The van der Waals surface area contributed by atoms with Gasteiger partial charge in [0.1, 0.15) is 5.75 Å². The second-order valence-electron chi connectivity index (χ2n) is 3.97. The number of carbonyl (C=O) groups excluding carboxylic acids is 1. The van der Waals surface area contributed by atoms with E-state index < -0.39 is 0 Å². The van der Waals surface area contributed by atoms with E-state index in [0.717, 1.165) is 5.56 Å². The fraction of sp³-hybridized carbons (Fsp3) is 0.308. The predicted molar refractivity (Wildman–Crippen MR) is 75.4 cm³/mol. The number of nitrogens with one attached hydrogen (secondary N) is 1. The lowest BCUT2D eigenvalue weighted by Crippen LogP contribution is -2.22. The molecule has 6 nitrogen and oxygen atoms in total. The normalized spacial score (nSPS) is 10.4. The van der Waals surface area contributed by atoms with Gasteiger partial charge in [0, 0.05) is 24.3 Å². The number of rotatable bonds is 6. The Balaban J connectivity index is 1.89. The topological polar surface area (TPSA) is 88.2 Å². The van der Waals surface area contributed by atoms with Crippen LogP contribution < -0.4 is 5.32 Å². The first kappa shape index (κ1) is 14.4. The van der Waals surface area contributed by atoms with E-state index in [0.29, 0.717) is 29.8 Å². The maximum atomic E-state index is 11.3. The van der Waals surface area contributed by atoms with E-state index in [2.05, 4.69) is 15.5 Å². The van der Waals surface area contributed by atoms with Crippen LogP contribution in [-0.2, 0) is 4.79 Å². The van der Waals surface area contributed by atoms with Crippen LogP contribution in [-0.4, -0.2) is 33.5 Å². The van der Waals surface area contributed by atoms with E-state index in [1.54, 1.807) is 24.3 Å². The van der Waals surface area contributed by atoms with Crippen molar-refractivity contribution < 1.29 is 14.3 Å². The van der Waals surface area contributed by atoms with Crippen LogP contribution in [0.4, 0.5) is 0 Å². The van der Waals surface area contributed by atoms with E-state index in [9.17, 15) is 9.90 Å². The lowest BCUT2D eigenvalue weighted by molar-refractivity contribution is -0.120. The molecule has 2 N–H and O–H groups in total. The number of amides is 1. The fourth-order valence-electron chi connectivity index (χ4n) is 1.51. The number of phenols is 1. The highest BCUT2D eigenvalue weighted by molar-refractivity contribution is 7.99. The van der Waals surface area contributed by atoms with Gasteiger partial charge >= 0.3 is 0 Å². The average Bonchev–Trinajstić information content (AvgIpc) is 2.89. The van der Waals surface area contributed by atoms with Crippen molar-refractivity contribution in [2.24, 2.45) is 0 Å². The molecule has 2 aromatic rings. The van der Waals surface area contributed by atoms with Crippen LogP contribution in [0.15, 0.2) is 33.9 Å². The molecule has 2 rings (SSSR count). The molecule has 0 aliphatic rings. The first-order valence-corrected chi connectivity index (χ1v) is 7.20. The molecular formula is C13H15N3O3S. The summed E-state index contributed by atoms with van der Waals surface area (Å²) in [5, 5.41) is 20.2. The predicted octanol–water partition coefficient (Wildman–Crippen LogP) is 2.06. The number of hydrogen-bond acceptors (Lipinski definition) is 6. The summed E-state index contributed by atoms with van der Waals surface area (Å²) < 4.78 is 5.48. The van der Waals surface area contributed by atoms with Crippen LogP contribution in [0.25, 0.3) is 11.5 Å². The SMILES string of the molecule is CCNC(=O)CCSc1nnc(-c2ccc(O)cc2)o1. The minimum atomic E-state index is 0.0123. The summed E-state index contributed by atoms with van der Waals surface area (Å²) in [6, 6.07) is 6.51. The van der Waals surface area contributed by atoms with Crippen molar-refractivity contribution in [3.8, 4) is 17.2 Å².